The fraction of sp³-hybridized carbons (Fsp3) is 0.375. The zero-order valence-corrected chi connectivity index (χ0v) is 16.5. The molecule has 0 aliphatic heterocycles. The Balaban J connectivity index is 1.67. The van der Waals surface area contributed by atoms with Crippen molar-refractivity contribution in [1.29, 1.82) is 0 Å². The first kappa shape index (κ1) is 20.1. The molecule has 1 aliphatic rings. The van der Waals surface area contributed by atoms with E-state index >= 15 is 0 Å². The lowest BCUT2D eigenvalue weighted by molar-refractivity contribution is -0.127. The number of ketones is 3. The van der Waals surface area contributed by atoms with Crippen LogP contribution >= 0.6 is 0 Å². The van der Waals surface area contributed by atoms with Gasteiger partial charge in [-0.2, -0.15) is 0 Å². The molecule has 0 spiro atoms. The van der Waals surface area contributed by atoms with Crippen molar-refractivity contribution in [2.75, 3.05) is 0 Å². The summed E-state index contributed by atoms with van der Waals surface area (Å²) in [6, 6.07) is 10.1. The molecule has 0 amide bonds. The normalized spacial score (nSPS) is 19.3. The average molecular weight is 380 g/mol. The van der Waals surface area contributed by atoms with Gasteiger partial charge in [0.2, 0.25) is 0 Å². The number of benzene rings is 2. The molecule has 2 unspecified atom stereocenters. The van der Waals surface area contributed by atoms with Crippen molar-refractivity contribution >= 4 is 17.3 Å². The third-order valence-corrected chi connectivity index (χ3v) is 5.54. The Labute approximate surface area is 165 Å². The van der Waals surface area contributed by atoms with E-state index in [-0.39, 0.29) is 42.4 Å². The zero-order valence-electron chi connectivity index (χ0n) is 16.5. The van der Waals surface area contributed by atoms with E-state index in [2.05, 4.69) is 0 Å². The number of carbonyl (C=O) groups is 3. The molecule has 28 heavy (non-hydrogen) atoms. The molecule has 0 heterocycles. The summed E-state index contributed by atoms with van der Waals surface area (Å²) in [5.74, 6) is -1.91. The van der Waals surface area contributed by atoms with Crippen LogP contribution in [-0.4, -0.2) is 17.3 Å². The average Bonchev–Trinajstić information content (AvgIpc) is 2.87. The minimum absolute atomic E-state index is 0.0617. The maximum atomic E-state index is 13.2. The van der Waals surface area contributed by atoms with Crippen LogP contribution in [-0.2, 0) is 20.8 Å². The molecule has 4 heteroatoms. The van der Waals surface area contributed by atoms with Crippen molar-refractivity contribution in [3.05, 3.63) is 70.0 Å². The molecule has 2 atom stereocenters. The third kappa shape index (κ3) is 4.27. The predicted octanol–water partition coefficient (Wildman–Crippen LogP) is 4.58. The second kappa shape index (κ2) is 8.17. The molecule has 1 saturated carbocycles. The highest BCUT2D eigenvalue weighted by Crippen LogP contribution is 2.37. The number of carbonyl (C=O) groups excluding carboxylic acids is 3. The lowest BCUT2D eigenvalue weighted by Crippen LogP contribution is -2.19. The van der Waals surface area contributed by atoms with Gasteiger partial charge in [-0.25, -0.2) is 4.39 Å². The summed E-state index contributed by atoms with van der Waals surface area (Å²) in [6.07, 6.45) is 0.891. The van der Waals surface area contributed by atoms with Crippen LogP contribution in [0.2, 0.25) is 0 Å². The minimum Gasteiger partial charge on any atom is -0.300 e. The van der Waals surface area contributed by atoms with Gasteiger partial charge in [0.15, 0.2) is 5.78 Å². The lowest BCUT2D eigenvalue weighted by atomic mass is 9.86. The summed E-state index contributed by atoms with van der Waals surface area (Å²) in [5.41, 5.74) is 4.55. The van der Waals surface area contributed by atoms with Gasteiger partial charge in [-0.1, -0.05) is 29.8 Å². The molecule has 146 valence electrons. The van der Waals surface area contributed by atoms with Crippen LogP contribution in [0.5, 0.6) is 0 Å². The molecule has 2 aromatic carbocycles. The van der Waals surface area contributed by atoms with E-state index in [1.807, 2.05) is 32.9 Å². The van der Waals surface area contributed by atoms with Crippen LogP contribution in [0, 0.1) is 32.5 Å². The number of aryl methyl sites for hydroxylation is 4. The molecule has 3 nitrogen and oxygen atoms in total. The molecule has 0 bridgehead atoms. The first-order valence-electron chi connectivity index (χ1n) is 9.66. The molecule has 0 N–H and O–H groups in total. The Morgan fingerprint density at radius 2 is 1.75 bits per heavy atom. The van der Waals surface area contributed by atoms with Gasteiger partial charge in [0, 0.05) is 25.2 Å². The van der Waals surface area contributed by atoms with E-state index in [4.69, 9.17) is 0 Å². The number of Topliss-reactive ketones (excluding diaryl/α,β-unsaturated/α-hetero) is 3. The topological polar surface area (TPSA) is 51.2 Å². The fourth-order valence-electron chi connectivity index (χ4n) is 4.33. The Bertz CT molecular complexity index is 922. The van der Waals surface area contributed by atoms with E-state index < -0.39 is 11.8 Å². The van der Waals surface area contributed by atoms with Crippen molar-refractivity contribution in [2.24, 2.45) is 5.92 Å². The summed E-state index contributed by atoms with van der Waals surface area (Å²) in [6.45, 7) is 5.84. The van der Waals surface area contributed by atoms with Gasteiger partial charge in [0.25, 0.3) is 0 Å². The van der Waals surface area contributed by atoms with Crippen LogP contribution < -0.4 is 0 Å². The van der Waals surface area contributed by atoms with Gasteiger partial charge < -0.3 is 0 Å². The van der Waals surface area contributed by atoms with Crippen molar-refractivity contribution in [2.45, 2.75) is 52.4 Å². The van der Waals surface area contributed by atoms with Gasteiger partial charge in [-0.15, -0.1) is 0 Å². The van der Waals surface area contributed by atoms with E-state index in [1.54, 1.807) is 12.1 Å². The largest absolute Gasteiger partial charge is 0.300 e. The second-order valence-corrected chi connectivity index (χ2v) is 7.89. The highest BCUT2D eigenvalue weighted by molar-refractivity contribution is 6.15. The predicted molar refractivity (Wildman–Crippen MR) is 106 cm³/mol. The van der Waals surface area contributed by atoms with E-state index in [9.17, 15) is 18.8 Å². The molecular formula is C24H25FO3. The summed E-state index contributed by atoms with van der Waals surface area (Å²) in [4.78, 5) is 37.9. The van der Waals surface area contributed by atoms with Gasteiger partial charge >= 0.3 is 0 Å². The third-order valence-electron chi connectivity index (χ3n) is 5.54. The quantitative estimate of drug-likeness (QED) is 0.689. The smallest absolute Gasteiger partial charge is 0.151 e. The van der Waals surface area contributed by atoms with E-state index in [0.717, 1.165) is 27.8 Å². The molecule has 2 aromatic rings. The van der Waals surface area contributed by atoms with Crippen LogP contribution in [0.3, 0.4) is 0 Å². The molecule has 0 saturated heterocycles. The first-order chi connectivity index (χ1) is 13.3. The Kier molecular flexibility index (Phi) is 5.87. The van der Waals surface area contributed by atoms with Gasteiger partial charge in [0.05, 0.1) is 0 Å². The monoisotopic (exact) mass is 380 g/mol. The Morgan fingerprint density at radius 1 is 1.07 bits per heavy atom. The SMILES string of the molecule is Cc1cc(C)c(C2C(=O)CC(CC(=O)CCc3cccc(F)c3)C2=O)c(C)c1. The van der Waals surface area contributed by atoms with E-state index in [0.29, 0.717) is 6.42 Å². The van der Waals surface area contributed by atoms with Gasteiger partial charge in [0.1, 0.15) is 23.3 Å². The number of hydrogen-bond acceptors (Lipinski definition) is 3. The zero-order chi connectivity index (χ0) is 20.4. The summed E-state index contributed by atoms with van der Waals surface area (Å²) < 4.78 is 13.2. The second-order valence-electron chi connectivity index (χ2n) is 7.89. The van der Waals surface area contributed by atoms with Crippen molar-refractivity contribution in [1.82, 2.24) is 0 Å². The van der Waals surface area contributed by atoms with Crippen LogP contribution in [0.25, 0.3) is 0 Å². The molecular weight excluding hydrogens is 355 g/mol. The van der Waals surface area contributed by atoms with Gasteiger partial charge in [-0.05, 0) is 61.6 Å². The summed E-state index contributed by atoms with van der Waals surface area (Å²) in [5, 5.41) is 0. The van der Waals surface area contributed by atoms with Crippen molar-refractivity contribution in [3.63, 3.8) is 0 Å². The minimum atomic E-state index is -0.749. The van der Waals surface area contributed by atoms with E-state index in [1.165, 1.54) is 12.1 Å². The van der Waals surface area contributed by atoms with Crippen LogP contribution in [0.4, 0.5) is 4.39 Å². The molecule has 3 rings (SSSR count). The molecule has 0 radical (unpaired) electrons. The van der Waals surface area contributed by atoms with Crippen molar-refractivity contribution < 1.29 is 18.8 Å². The highest BCUT2D eigenvalue weighted by atomic mass is 19.1. The Hall–Kier alpha value is -2.62. The number of rotatable bonds is 6. The first-order valence-corrected chi connectivity index (χ1v) is 9.66. The summed E-state index contributed by atoms with van der Waals surface area (Å²) >= 11 is 0. The molecule has 1 fully saturated rings. The van der Waals surface area contributed by atoms with Crippen LogP contribution in [0.1, 0.15) is 53.0 Å². The fourth-order valence-corrected chi connectivity index (χ4v) is 4.33. The maximum Gasteiger partial charge on any atom is 0.151 e. The molecule has 1 aliphatic carbocycles. The Morgan fingerprint density at radius 3 is 2.39 bits per heavy atom. The highest BCUT2D eigenvalue weighted by Gasteiger charge is 2.43. The molecule has 0 aromatic heterocycles. The standard InChI is InChI=1S/C24H25FO3/c1-14-9-15(2)22(16(3)10-14)23-21(27)13-18(24(23)28)12-20(26)8-7-17-5-4-6-19(25)11-17/h4-6,9-11,18,23H,7-8,12-13H2,1-3H3. The number of halogens is 1. The maximum absolute atomic E-state index is 13.2. The lowest BCUT2D eigenvalue weighted by Gasteiger charge is -2.16. The van der Waals surface area contributed by atoms with Gasteiger partial charge in [-0.3, -0.25) is 14.4 Å². The summed E-state index contributed by atoms with van der Waals surface area (Å²) in [7, 11) is 0. The van der Waals surface area contributed by atoms with Crippen molar-refractivity contribution in [3.8, 4) is 0 Å². The van der Waals surface area contributed by atoms with Crippen LogP contribution in [0.15, 0.2) is 36.4 Å². The number of hydrogen-bond donors (Lipinski definition) is 0.